The van der Waals surface area contributed by atoms with Crippen molar-refractivity contribution in [3.8, 4) is 0 Å². The van der Waals surface area contributed by atoms with Gasteiger partial charge in [0, 0.05) is 25.2 Å². The maximum absolute atomic E-state index is 3.54. The molecule has 0 aromatic carbocycles. The maximum atomic E-state index is 3.54. The zero-order valence-electron chi connectivity index (χ0n) is 8.64. The highest BCUT2D eigenvalue weighted by Gasteiger charge is 2.22. The Kier molecular flexibility index (Phi) is 4.02. The molecule has 72 valence electrons. The van der Waals surface area contributed by atoms with Gasteiger partial charge in [0.1, 0.15) is 0 Å². The number of piperazine rings is 1. The van der Waals surface area contributed by atoms with E-state index in [9.17, 15) is 0 Å². The van der Waals surface area contributed by atoms with Gasteiger partial charge in [0.2, 0.25) is 0 Å². The van der Waals surface area contributed by atoms with Crippen LogP contribution < -0.4 is 5.32 Å². The summed E-state index contributed by atoms with van der Waals surface area (Å²) in [6, 6.07) is 1.47. The van der Waals surface area contributed by atoms with Crippen molar-refractivity contribution in [2.24, 2.45) is 0 Å². The predicted octanol–water partition coefficient (Wildman–Crippen LogP) is 1.47. The van der Waals surface area contributed by atoms with Gasteiger partial charge in [-0.15, -0.1) is 0 Å². The molecule has 1 aliphatic rings. The molecule has 2 atom stereocenters. The quantitative estimate of drug-likeness (QED) is 0.690. The van der Waals surface area contributed by atoms with Gasteiger partial charge in [0.05, 0.1) is 0 Å². The second kappa shape index (κ2) is 4.83. The van der Waals surface area contributed by atoms with Gasteiger partial charge in [-0.2, -0.15) is 0 Å². The van der Waals surface area contributed by atoms with E-state index in [0.717, 1.165) is 6.04 Å². The molecule has 1 N–H and O–H groups in total. The molecule has 0 amide bonds. The van der Waals surface area contributed by atoms with E-state index >= 15 is 0 Å². The van der Waals surface area contributed by atoms with Crippen LogP contribution in [0.1, 0.15) is 33.6 Å². The van der Waals surface area contributed by atoms with Crippen molar-refractivity contribution < 1.29 is 0 Å². The van der Waals surface area contributed by atoms with E-state index in [1.807, 2.05) is 0 Å². The Balaban J connectivity index is 2.39. The number of hydrogen-bond donors (Lipinski definition) is 1. The number of likely N-dealkylation sites (N-methyl/N-ethyl adjacent to an activating group) is 1. The highest BCUT2D eigenvalue weighted by Crippen LogP contribution is 2.11. The first kappa shape index (κ1) is 10.0. The highest BCUT2D eigenvalue weighted by atomic mass is 15.2. The summed E-state index contributed by atoms with van der Waals surface area (Å²) < 4.78 is 0. The van der Waals surface area contributed by atoms with Gasteiger partial charge in [0.25, 0.3) is 0 Å². The van der Waals surface area contributed by atoms with Crippen LogP contribution in [0.2, 0.25) is 0 Å². The van der Waals surface area contributed by atoms with Gasteiger partial charge in [-0.05, 0) is 19.9 Å². The van der Waals surface area contributed by atoms with E-state index < -0.39 is 0 Å². The second-order valence-electron chi connectivity index (χ2n) is 3.84. The number of hydrogen-bond acceptors (Lipinski definition) is 2. The van der Waals surface area contributed by atoms with Crippen molar-refractivity contribution in [1.29, 1.82) is 0 Å². The third-order valence-corrected chi connectivity index (χ3v) is 2.75. The summed E-state index contributed by atoms with van der Waals surface area (Å²) in [7, 11) is 0. The first-order chi connectivity index (χ1) is 5.77. The molecule has 0 bridgehead atoms. The topological polar surface area (TPSA) is 15.3 Å². The van der Waals surface area contributed by atoms with Crippen LogP contribution in [0.3, 0.4) is 0 Å². The zero-order chi connectivity index (χ0) is 8.97. The molecule has 1 aliphatic heterocycles. The third-order valence-electron chi connectivity index (χ3n) is 2.75. The fourth-order valence-electron chi connectivity index (χ4n) is 2.04. The van der Waals surface area contributed by atoms with Gasteiger partial charge in [-0.25, -0.2) is 0 Å². The van der Waals surface area contributed by atoms with Crippen LogP contribution >= 0.6 is 0 Å². The minimum atomic E-state index is 0.679. The monoisotopic (exact) mass is 170 g/mol. The summed E-state index contributed by atoms with van der Waals surface area (Å²) in [6.45, 7) is 10.4. The van der Waals surface area contributed by atoms with Gasteiger partial charge in [-0.3, -0.25) is 4.90 Å². The Morgan fingerprint density at radius 3 is 2.75 bits per heavy atom. The molecule has 2 unspecified atom stereocenters. The van der Waals surface area contributed by atoms with Gasteiger partial charge in [-0.1, -0.05) is 20.3 Å². The van der Waals surface area contributed by atoms with Crippen molar-refractivity contribution in [3.63, 3.8) is 0 Å². The van der Waals surface area contributed by atoms with Crippen molar-refractivity contribution in [2.45, 2.75) is 45.7 Å². The second-order valence-corrected chi connectivity index (χ2v) is 3.84. The Morgan fingerprint density at radius 2 is 2.17 bits per heavy atom. The van der Waals surface area contributed by atoms with Crippen LogP contribution in [-0.4, -0.2) is 36.6 Å². The van der Waals surface area contributed by atoms with Crippen molar-refractivity contribution in [1.82, 2.24) is 10.2 Å². The number of rotatable bonds is 3. The largest absolute Gasteiger partial charge is 0.311 e. The predicted molar refractivity (Wildman–Crippen MR) is 53.4 cm³/mol. The van der Waals surface area contributed by atoms with Gasteiger partial charge >= 0.3 is 0 Å². The van der Waals surface area contributed by atoms with E-state index in [2.05, 4.69) is 31.0 Å². The molecule has 1 rings (SSSR count). The normalized spacial score (nSPS) is 32.2. The Hall–Kier alpha value is -0.0800. The van der Waals surface area contributed by atoms with E-state index in [1.54, 1.807) is 0 Å². The molecule has 1 heterocycles. The lowest BCUT2D eigenvalue weighted by molar-refractivity contribution is 0.135. The van der Waals surface area contributed by atoms with E-state index in [-0.39, 0.29) is 0 Å². The lowest BCUT2D eigenvalue weighted by atomic mass is 10.1. The lowest BCUT2D eigenvalue weighted by Gasteiger charge is -2.38. The molecular formula is C10H22N2. The van der Waals surface area contributed by atoms with E-state index in [0.29, 0.717) is 6.04 Å². The fourth-order valence-corrected chi connectivity index (χ4v) is 2.04. The van der Waals surface area contributed by atoms with Crippen LogP contribution in [-0.2, 0) is 0 Å². The molecule has 0 aromatic heterocycles. The molecule has 0 aliphatic carbocycles. The first-order valence-corrected chi connectivity index (χ1v) is 5.25. The fraction of sp³-hybridized carbons (Fsp3) is 1.00. The molecule has 2 heteroatoms. The summed E-state index contributed by atoms with van der Waals surface area (Å²) in [4.78, 5) is 2.60. The van der Waals surface area contributed by atoms with E-state index in [1.165, 1.54) is 32.5 Å². The molecule has 1 fully saturated rings. The molecule has 0 spiro atoms. The summed E-state index contributed by atoms with van der Waals surface area (Å²) in [5, 5.41) is 3.54. The minimum absolute atomic E-state index is 0.679. The highest BCUT2D eigenvalue weighted by molar-refractivity contribution is 4.82. The Morgan fingerprint density at radius 1 is 1.42 bits per heavy atom. The average Bonchev–Trinajstić information content (AvgIpc) is 2.08. The van der Waals surface area contributed by atoms with Crippen LogP contribution in [0, 0.1) is 0 Å². The average molecular weight is 170 g/mol. The maximum Gasteiger partial charge on any atom is 0.0221 e. The van der Waals surface area contributed by atoms with Gasteiger partial charge < -0.3 is 5.32 Å². The smallest absolute Gasteiger partial charge is 0.0221 e. The summed E-state index contributed by atoms with van der Waals surface area (Å²) in [5.74, 6) is 0. The first-order valence-electron chi connectivity index (χ1n) is 5.25. The zero-order valence-corrected chi connectivity index (χ0v) is 8.64. The summed E-state index contributed by atoms with van der Waals surface area (Å²) >= 11 is 0. The molecule has 12 heavy (non-hydrogen) atoms. The van der Waals surface area contributed by atoms with Crippen LogP contribution in [0.5, 0.6) is 0 Å². The summed E-state index contributed by atoms with van der Waals surface area (Å²) in [5.41, 5.74) is 0. The SMILES string of the molecule is CCCC1CNC(C)CN1CC. The van der Waals surface area contributed by atoms with Crippen molar-refractivity contribution >= 4 is 0 Å². The van der Waals surface area contributed by atoms with Gasteiger partial charge in [0.15, 0.2) is 0 Å². The molecule has 0 aromatic rings. The number of nitrogens with zero attached hydrogens (tertiary/aromatic N) is 1. The lowest BCUT2D eigenvalue weighted by Crippen LogP contribution is -2.55. The summed E-state index contributed by atoms with van der Waals surface area (Å²) in [6.07, 6.45) is 2.64. The standard InChI is InChI=1S/C10H22N2/c1-4-6-10-7-11-9(3)8-12(10)5-2/h9-11H,4-8H2,1-3H3. The van der Waals surface area contributed by atoms with Crippen molar-refractivity contribution in [2.75, 3.05) is 19.6 Å². The molecule has 1 saturated heterocycles. The third kappa shape index (κ3) is 2.46. The molecule has 0 radical (unpaired) electrons. The molecule has 0 saturated carbocycles. The van der Waals surface area contributed by atoms with Crippen molar-refractivity contribution in [3.05, 3.63) is 0 Å². The molecule has 2 nitrogen and oxygen atoms in total. The Labute approximate surface area is 76.3 Å². The van der Waals surface area contributed by atoms with Crippen LogP contribution in [0.4, 0.5) is 0 Å². The van der Waals surface area contributed by atoms with Crippen LogP contribution in [0.15, 0.2) is 0 Å². The minimum Gasteiger partial charge on any atom is -0.311 e. The van der Waals surface area contributed by atoms with Crippen LogP contribution in [0.25, 0.3) is 0 Å². The molecular weight excluding hydrogens is 148 g/mol. The number of nitrogens with one attached hydrogen (secondary N) is 1. The Bertz CT molecular complexity index is 125. The van der Waals surface area contributed by atoms with E-state index in [4.69, 9.17) is 0 Å².